The molecule has 1 aliphatic heterocycles. The van der Waals surface area contributed by atoms with Gasteiger partial charge in [-0.1, -0.05) is 47.2 Å². The first-order valence-electron chi connectivity index (χ1n) is 4.04. The van der Waals surface area contributed by atoms with Crippen molar-refractivity contribution in [2.45, 2.75) is 18.3 Å². The number of nitrogens with zero attached hydrogens (tertiary/aromatic N) is 1. The van der Waals surface area contributed by atoms with Gasteiger partial charge in [-0.15, -0.1) is 0 Å². The van der Waals surface area contributed by atoms with E-state index in [1.54, 1.807) is 0 Å². The van der Waals surface area contributed by atoms with Crippen LogP contribution in [0.5, 0.6) is 0 Å². The maximum atomic E-state index is 3.60. The van der Waals surface area contributed by atoms with Gasteiger partial charge in [0.15, 0.2) is 0 Å². The Morgan fingerprint density at radius 3 is 3.00 bits per heavy atom. The van der Waals surface area contributed by atoms with Gasteiger partial charge in [0.2, 0.25) is 0 Å². The summed E-state index contributed by atoms with van der Waals surface area (Å²) < 4.78 is 0. The second kappa shape index (κ2) is 4.73. The van der Waals surface area contributed by atoms with Crippen molar-refractivity contribution in [3.05, 3.63) is 24.3 Å². The molecule has 0 aliphatic carbocycles. The van der Waals surface area contributed by atoms with Crippen LogP contribution in [-0.2, 0) is 0 Å². The van der Waals surface area contributed by atoms with Crippen LogP contribution in [0.4, 0.5) is 0 Å². The van der Waals surface area contributed by atoms with E-state index in [4.69, 9.17) is 0 Å². The molecule has 0 saturated carbocycles. The first-order valence-corrected chi connectivity index (χ1v) is 4.96. The van der Waals surface area contributed by atoms with E-state index in [1.807, 2.05) is 0 Å². The molecule has 0 bridgehead atoms. The first-order chi connectivity index (χ1) is 5.34. The summed E-state index contributed by atoms with van der Waals surface area (Å²) in [6, 6.07) is 0. The molecule has 0 saturated heterocycles. The Kier molecular flexibility index (Phi) is 3.87. The van der Waals surface area contributed by atoms with Crippen LogP contribution < -0.4 is 0 Å². The molecule has 2 heteroatoms. The molecule has 0 radical (unpaired) electrons. The number of alkyl halides is 1. The third-order valence-electron chi connectivity index (χ3n) is 1.83. The zero-order valence-electron chi connectivity index (χ0n) is 6.83. The largest absolute Gasteiger partial charge is 0.284 e. The summed E-state index contributed by atoms with van der Waals surface area (Å²) in [7, 11) is 0. The highest BCUT2D eigenvalue weighted by Crippen LogP contribution is 2.11. The zero-order valence-corrected chi connectivity index (χ0v) is 8.42. The minimum absolute atomic E-state index is 0.414. The minimum Gasteiger partial charge on any atom is -0.284 e. The van der Waals surface area contributed by atoms with E-state index in [0.29, 0.717) is 4.95 Å². The topological polar surface area (TPSA) is 3.24 Å². The lowest BCUT2D eigenvalue weighted by molar-refractivity contribution is 0.334. The van der Waals surface area contributed by atoms with Gasteiger partial charge in [0, 0.05) is 6.54 Å². The van der Waals surface area contributed by atoms with Crippen molar-refractivity contribution in [1.29, 1.82) is 0 Å². The molecule has 11 heavy (non-hydrogen) atoms. The number of allylic oxidation sites excluding steroid dienone is 2. The van der Waals surface area contributed by atoms with Gasteiger partial charge in [-0.05, 0) is 13.0 Å². The molecule has 0 aromatic carbocycles. The van der Waals surface area contributed by atoms with Crippen LogP contribution in [0.3, 0.4) is 0 Å². The molecule has 1 unspecified atom stereocenters. The number of hydrogen-bond acceptors (Lipinski definition) is 1. The Balaban J connectivity index is 2.55. The second-order valence-corrected chi connectivity index (χ2v) is 3.53. The summed E-state index contributed by atoms with van der Waals surface area (Å²) >= 11 is 3.60. The van der Waals surface area contributed by atoms with Gasteiger partial charge in [0.1, 0.15) is 0 Å². The SMILES string of the molecule is CCN1C/C=C\C/C=C\C1Br. The highest BCUT2D eigenvalue weighted by Gasteiger charge is 2.08. The van der Waals surface area contributed by atoms with E-state index >= 15 is 0 Å². The molecule has 62 valence electrons. The lowest BCUT2D eigenvalue weighted by Gasteiger charge is -2.23. The van der Waals surface area contributed by atoms with Crippen molar-refractivity contribution < 1.29 is 0 Å². The molecule has 0 N–H and O–H groups in total. The third-order valence-corrected chi connectivity index (χ3v) is 2.71. The molecule has 1 atom stereocenters. The quantitative estimate of drug-likeness (QED) is 0.370. The van der Waals surface area contributed by atoms with Gasteiger partial charge in [0.25, 0.3) is 0 Å². The highest BCUT2D eigenvalue weighted by atomic mass is 79.9. The van der Waals surface area contributed by atoms with Crippen molar-refractivity contribution in [3.63, 3.8) is 0 Å². The summed E-state index contributed by atoms with van der Waals surface area (Å²) in [5.74, 6) is 0. The summed E-state index contributed by atoms with van der Waals surface area (Å²) in [4.78, 5) is 2.77. The van der Waals surface area contributed by atoms with Crippen LogP contribution in [-0.4, -0.2) is 22.9 Å². The van der Waals surface area contributed by atoms with Crippen LogP contribution in [0.2, 0.25) is 0 Å². The smallest absolute Gasteiger partial charge is 0.0844 e. The maximum absolute atomic E-state index is 3.60. The van der Waals surface area contributed by atoms with Crippen LogP contribution >= 0.6 is 15.9 Å². The number of halogens is 1. The van der Waals surface area contributed by atoms with Crippen molar-refractivity contribution in [3.8, 4) is 0 Å². The van der Waals surface area contributed by atoms with Gasteiger partial charge in [-0.25, -0.2) is 0 Å². The number of likely N-dealkylation sites (N-methyl/N-ethyl adjacent to an activating group) is 1. The predicted octanol–water partition coefficient (Wildman–Crippen LogP) is 2.55. The van der Waals surface area contributed by atoms with Gasteiger partial charge >= 0.3 is 0 Å². The van der Waals surface area contributed by atoms with E-state index < -0.39 is 0 Å². The minimum atomic E-state index is 0.414. The Morgan fingerprint density at radius 2 is 2.27 bits per heavy atom. The predicted molar refractivity (Wildman–Crippen MR) is 52.9 cm³/mol. The fourth-order valence-electron chi connectivity index (χ4n) is 1.10. The van der Waals surface area contributed by atoms with Gasteiger partial charge in [-0.3, -0.25) is 4.90 Å². The van der Waals surface area contributed by atoms with Crippen molar-refractivity contribution >= 4 is 15.9 Å². The molecule has 0 aromatic rings. The molecule has 0 amide bonds. The van der Waals surface area contributed by atoms with Crippen molar-refractivity contribution in [1.82, 2.24) is 4.90 Å². The molecular weight excluding hydrogens is 202 g/mol. The molecule has 1 heterocycles. The summed E-state index contributed by atoms with van der Waals surface area (Å²) in [5, 5.41) is 0. The fraction of sp³-hybridized carbons (Fsp3) is 0.556. The van der Waals surface area contributed by atoms with Crippen LogP contribution in [0.15, 0.2) is 24.3 Å². The fourth-order valence-corrected chi connectivity index (χ4v) is 1.77. The Morgan fingerprint density at radius 1 is 1.45 bits per heavy atom. The lowest BCUT2D eigenvalue weighted by atomic mass is 10.3. The Hall–Kier alpha value is -0.0800. The molecule has 0 aromatic heterocycles. The van der Waals surface area contributed by atoms with Crippen molar-refractivity contribution in [2.75, 3.05) is 13.1 Å². The Labute approximate surface area is 76.9 Å². The van der Waals surface area contributed by atoms with Crippen LogP contribution in [0.1, 0.15) is 13.3 Å². The lowest BCUT2D eigenvalue weighted by Crippen LogP contribution is -2.29. The Bertz CT molecular complexity index is 163. The van der Waals surface area contributed by atoms with Gasteiger partial charge in [-0.2, -0.15) is 0 Å². The average Bonchev–Trinajstić information content (AvgIpc) is 1.98. The van der Waals surface area contributed by atoms with E-state index in [0.717, 1.165) is 19.5 Å². The molecule has 1 aliphatic rings. The number of hydrogen-bond donors (Lipinski definition) is 0. The molecule has 0 fully saturated rings. The molecular formula is C9H14BrN. The zero-order chi connectivity index (χ0) is 8.10. The van der Waals surface area contributed by atoms with Crippen LogP contribution in [0, 0.1) is 0 Å². The highest BCUT2D eigenvalue weighted by molar-refractivity contribution is 9.09. The summed E-state index contributed by atoms with van der Waals surface area (Å²) in [5.41, 5.74) is 0. The average molecular weight is 216 g/mol. The molecule has 1 rings (SSSR count). The maximum Gasteiger partial charge on any atom is 0.0844 e. The van der Waals surface area contributed by atoms with Crippen molar-refractivity contribution in [2.24, 2.45) is 0 Å². The van der Waals surface area contributed by atoms with E-state index in [1.165, 1.54) is 0 Å². The summed E-state index contributed by atoms with van der Waals surface area (Å²) in [6.45, 7) is 4.32. The van der Waals surface area contributed by atoms with E-state index in [9.17, 15) is 0 Å². The second-order valence-electron chi connectivity index (χ2n) is 2.60. The molecule has 0 spiro atoms. The van der Waals surface area contributed by atoms with E-state index in [-0.39, 0.29) is 0 Å². The van der Waals surface area contributed by atoms with E-state index in [2.05, 4.69) is 52.1 Å². The first kappa shape index (κ1) is 9.01. The summed E-state index contributed by atoms with van der Waals surface area (Å²) in [6.07, 6.45) is 9.89. The number of rotatable bonds is 1. The third kappa shape index (κ3) is 2.80. The van der Waals surface area contributed by atoms with Crippen LogP contribution in [0.25, 0.3) is 0 Å². The van der Waals surface area contributed by atoms with Gasteiger partial charge in [0.05, 0.1) is 4.95 Å². The standard InChI is InChI=1S/C9H14BrN/c1-2-11-8-6-4-3-5-7-9(11)10/h4-7,9H,2-3,8H2,1H3/b6-4-,7-5-. The van der Waals surface area contributed by atoms with Gasteiger partial charge < -0.3 is 0 Å². The molecule has 1 nitrogen and oxygen atoms in total. The normalized spacial score (nSPS) is 32.4. The monoisotopic (exact) mass is 215 g/mol.